The van der Waals surface area contributed by atoms with Gasteiger partial charge < -0.3 is 20.9 Å². The first-order valence-electron chi connectivity index (χ1n) is 14.9. The first kappa shape index (κ1) is 28.4. The lowest BCUT2D eigenvalue weighted by atomic mass is 9.86. The average Bonchev–Trinajstić information content (AvgIpc) is 3.34. The van der Waals surface area contributed by atoms with Crippen molar-refractivity contribution in [1.29, 1.82) is 0 Å². The zero-order chi connectivity index (χ0) is 29.9. The Bertz CT molecular complexity index is 1590. The molecular weight excluding hydrogens is 546 g/mol. The monoisotopic (exact) mass is 581 g/mol. The van der Waals surface area contributed by atoms with Gasteiger partial charge in [0.25, 0.3) is 11.8 Å². The maximum absolute atomic E-state index is 12.9. The van der Waals surface area contributed by atoms with Gasteiger partial charge in [-0.1, -0.05) is 42.5 Å². The van der Waals surface area contributed by atoms with Gasteiger partial charge in [0.05, 0.1) is 0 Å². The molecule has 1 atom stereocenters. The van der Waals surface area contributed by atoms with Crippen molar-refractivity contribution in [2.45, 2.75) is 63.7 Å². The molecule has 0 aromatic heterocycles. The van der Waals surface area contributed by atoms with E-state index in [1.807, 2.05) is 24.3 Å². The van der Waals surface area contributed by atoms with Gasteiger partial charge in [0.2, 0.25) is 11.8 Å². The molecule has 2 aliphatic heterocycles. The largest absolute Gasteiger partial charge is 0.352 e. The van der Waals surface area contributed by atoms with Crippen LogP contribution in [0.4, 0.5) is 4.79 Å². The number of amides is 6. The van der Waals surface area contributed by atoms with Crippen LogP contribution < -0.4 is 21.3 Å². The lowest BCUT2D eigenvalue weighted by Crippen LogP contribution is -2.52. The Morgan fingerprint density at radius 2 is 1.67 bits per heavy atom. The molecule has 3 aliphatic rings. The van der Waals surface area contributed by atoms with Gasteiger partial charge >= 0.3 is 6.03 Å². The fourth-order valence-electron chi connectivity index (χ4n) is 6.42. The van der Waals surface area contributed by atoms with Crippen molar-refractivity contribution in [3.05, 3.63) is 82.9 Å². The zero-order valence-electron chi connectivity index (χ0n) is 23.9. The minimum atomic E-state index is -0.685. The lowest BCUT2D eigenvalue weighted by Gasteiger charge is -2.29. The van der Waals surface area contributed by atoms with Crippen LogP contribution in [0.1, 0.15) is 70.4 Å². The molecule has 1 saturated heterocycles. The maximum atomic E-state index is 12.9. The normalized spacial score (nSPS) is 21.7. The number of carbonyl (C=O) groups excluding carboxylic acids is 5. The number of hydrogen-bond acceptors (Lipinski definition) is 5. The van der Waals surface area contributed by atoms with Gasteiger partial charge in [-0.2, -0.15) is 0 Å². The SMILES string of the molecule is O=C1CCC(N2Cc3cc(C(=O)NC[C@H]4CC[C@H](NC(=O)NCc5cccc6ccccc56)CC4)ccc3C2=O)C(=O)N1. The molecule has 0 radical (unpaired) electrons. The minimum absolute atomic E-state index is 0.0982. The number of imide groups is 1. The molecule has 2 heterocycles. The topological polar surface area (TPSA) is 137 Å². The van der Waals surface area contributed by atoms with Crippen LogP contribution in [0.3, 0.4) is 0 Å². The molecule has 1 aliphatic carbocycles. The summed E-state index contributed by atoms with van der Waals surface area (Å²) in [5.41, 5.74) is 2.73. The first-order chi connectivity index (χ1) is 20.9. The van der Waals surface area contributed by atoms with Gasteiger partial charge in [-0.15, -0.1) is 0 Å². The first-order valence-corrected chi connectivity index (χ1v) is 14.9. The molecule has 6 amide bonds. The molecule has 1 unspecified atom stereocenters. The number of rotatable bonds is 7. The van der Waals surface area contributed by atoms with Crippen LogP contribution >= 0.6 is 0 Å². The van der Waals surface area contributed by atoms with Crippen LogP contribution in [0.2, 0.25) is 0 Å². The smallest absolute Gasteiger partial charge is 0.315 e. The van der Waals surface area contributed by atoms with E-state index in [9.17, 15) is 24.0 Å². The van der Waals surface area contributed by atoms with Crippen LogP contribution in [0.5, 0.6) is 0 Å². The number of piperidine rings is 1. The Balaban J connectivity index is 0.942. The van der Waals surface area contributed by atoms with Crippen LogP contribution in [-0.2, 0) is 22.7 Å². The van der Waals surface area contributed by atoms with Crippen LogP contribution in [0.15, 0.2) is 60.7 Å². The van der Waals surface area contributed by atoms with Crippen molar-refractivity contribution in [2.75, 3.05) is 6.54 Å². The number of fused-ring (bicyclic) bond motifs is 2. The minimum Gasteiger partial charge on any atom is -0.352 e. The summed E-state index contributed by atoms with van der Waals surface area (Å²) in [6.07, 6.45) is 3.98. The quantitative estimate of drug-likeness (QED) is 0.317. The molecule has 4 N–H and O–H groups in total. The number of hydrogen-bond donors (Lipinski definition) is 4. The highest BCUT2D eigenvalue weighted by Crippen LogP contribution is 2.29. The summed E-state index contributed by atoms with van der Waals surface area (Å²) in [6.45, 7) is 1.23. The van der Waals surface area contributed by atoms with Crippen molar-refractivity contribution in [1.82, 2.24) is 26.2 Å². The standard InChI is InChI=1S/C33H35N5O5/c39-29-15-14-28(31(41)37-29)38-19-24-16-22(10-13-27(24)32(38)42)30(40)34-17-20-8-11-25(12-9-20)36-33(43)35-18-23-6-3-5-21-4-1-2-7-26(21)23/h1-7,10,13,16,20,25,28H,8-9,11-12,14-15,17-19H2,(H,34,40)(H2,35,36,43)(H,37,39,41)/t20-,25-,28?. The van der Waals surface area contributed by atoms with Gasteiger partial charge in [0.1, 0.15) is 6.04 Å². The Labute approximate surface area is 249 Å². The van der Waals surface area contributed by atoms with Crippen molar-refractivity contribution in [3.8, 4) is 0 Å². The van der Waals surface area contributed by atoms with E-state index in [1.54, 1.807) is 18.2 Å². The van der Waals surface area contributed by atoms with E-state index in [0.29, 0.717) is 42.1 Å². The van der Waals surface area contributed by atoms with E-state index >= 15 is 0 Å². The van der Waals surface area contributed by atoms with Crippen molar-refractivity contribution in [3.63, 3.8) is 0 Å². The van der Waals surface area contributed by atoms with E-state index in [2.05, 4.69) is 39.5 Å². The van der Waals surface area contributed by atoms with E-state index in [1.165, 1.54) is 4.90 Å². The predicted molar refractivity (Wildman–Crippen MR) is 160 cm³/mol. The van der Waals surface area contributed by atoms with Crippen molar-refractivity contribution >= 4 is 40.4 Å². The summed E-state index contributed by atoms with van der Waals surface area (Å²) in [5, 5.41) is 13.7. The third-order valence-corrected chi connectivity index (χ3v) is 8.84. The van der Waals surface area contributed by atoms with Crippen molar-refractivity contribution in [2.24, 2.45) is 5.92 Å². The number of urea groups is 1. The molecule has 3 aromatic rings. The molecule has 10 nitrogen and oxygen atoms in total. The Morgan fingerprint density at radius 3 is 2.49 bits per heavy atom. The second-order valence-corrected chi connectivity index (χ2v) is 11.7. The molecule has 10 heteroatoms. The Kier molecular flexibility index (Phi) is 8.09. The van der Waals surface area contributed by atoms with E-state index < -0.39 is 11.9 Å². The third-order valence-electron chi connectivity index (χ3n) is 8.84. The highest BCUT2D eigenvalue weighted by Gasteiger charge is 2.39. The second kappa shape index (κ2) is 12.2. The molecule has 1 saturated carbocycles. The Morgan fingerprint density at radius 1 is 0.884 bits per heavy atom. The second-order valence-electron chi connectivity index (χ2n) is 11.7. The maximum Gasteiger partial charge on any atom is 0.315 e. The van der Waals surface area contributed by atoms with E-state index in [-0.39, 0.29) is 42.8 Å². The summed E-state index contributed by atoms with van der Waals surface area (Å²) in [5.74, 6) is -0.930. The Hall–Kier alpha value is -4.73. The molecule has 43 heavy (non-hydrogen) atoms. The highest BCUT2D eigenvalue weighted by molar-refractivity contribution is 6.06. The fourth-order valence-corrected chi connectivity index (χ4v) is 6.42. The predicted octanol–water partition coefficient (Wildman–Crippen LogP) is 3.39. The summed E-state index contributed by atoms with van der Waals surface area (Å²) in [7, 11) is 0. The van der Waals surface area contributed by atoms with Gasteiger partial charge in [-0.3, -0.25) is 24.5 Å². The number of benzene rings is 3. The van der Waals surface area contributed by atoms with Crippen molar-refractivity contribution < 1.29 is 24.0 Å². The molecule has 3 aromatic carbocycles. The van der Waals surface area contributed by atoms with Crippen LogP contribution in [-0.4, -0.2) is 53.2 Å². The fraction of sp³-hybridized carbons (Fsp3) is 0.364. The number of nitrogens with zero attached hydrogens (tertiary/aromatic N) is 1. The molecule has 2 fully saturated rings. The van der Waals surface area contributed by atoms with Gasteiger partial charge in [-0.05, 0) is 78.1 Å². The average molecular weight is 582 g/mol. The summed E-state index contributed by atoms with van der Waals surface area (Å²) in [6, 6.07) is 18.5. The van der Waals surface area contributed by atoms with E-state index in [0.717, 1.165) is 42.0 Å². The third kappa shape index (κ3) is 6.23. The van der Waals surface area contributed by atoms with Gasteiger partial charge in [0.15, 0.2) is 0 Å². The summed E-state index contributed by atoms with van der Waals surface area (Å²) >= 11 is 0. The van der Waals surface area contributed by atoms with Gasteiger partial charge in [-0.25, -0.2) is 4.79 Å². The summed E-state index contributed by atoms with van der Waals surface area (Å²) < 4.78 is 0. The molecule has 0 bridgehead atoms. The van der Waals surface area contributed by atoms with Crippen LogP contribution in [0.25, 0.3) is 10.8 Å². The summed E-state index contributed by atoms with van der Waals surface area (Å²) in [4.78, 5) is 63.7. The molecule has 222 valence electrons. The molecule has 6 rings (SSSR count). The molecular formula is C33H35N5O5. The highest BCUT2D eigenvalue weighted by atomic mass is 16.2. The zero-order valence-corrected chi connectivity index (χ0v) is 23.9. The number of carbonyl (C=O) groups is 5. The van der Waals surface area contributed by atoms with Gasteiger partial charge in [0, 0.05) is 43.2 Å². The van der Waals surface area contributed by atoms with E-state index in [4.69, 9.17) is 0 Å². The van der Waals surface area contributed by atoms with Crippen LogP contribution in [0, 0.1) is 5.92 Å². The lowest BCUT2D eigenvalue weighted by molar-refractivity contribution is -0.136. The molecule has 0 spiro atoms. The number of nitrogens with one attached hydrogen (secondary N) is 4.